The van der Waals surface area contributed by atoms with Crippen LogP contribution < -0.4 is 4.18 Å². The van der Waals surface area contributed by atoms with Crippen LogP contribution in [0.3, 0.4) is 0 Å². The number of carbonyl (C=O) groups excluding carboxylic acids is 1. The molecule has 7 heteroatoms. The van der Waals surface area contributed by atoms with Crippen LogP contribution in [0, 0.1) is 10.5 Å². The van der Waals surface area contributed by atoms with E-state index in [0.29, 0.717) is 0 Å². The second kappa shape index (κ2) is 6.66. The van der Waals surface area contributed by atoms with E-state index < -0.39 is 16.1 Å². The first-order valence-electron chi connectivity index (χ1n) is 6.22. The van der Waals surface area contributed by atoms with Crippen molar-refractivity contribution in [2.75, 3.05) is 7.11 Å². The van der Waals surface area contributed by atoms with Crippen LogP contribution in [-0.2, 0) is 14.9 Å². The van der Waals surface area contributed by atoms with Gasteiger partial charge in [-0.05, 0) is 59.8 Å². The van der Waals surface area contributed by atoms with Crippen molar-refractivity contribution in [1.82, 2.24) is 0 Å². The highest BCUT2D eigenvalue weighted by atomic mass is 127. The highest BCUT2D eigenvalue weighted by Crippen LogP contribution is 2.26. The standard InChI is InChI=1S/C15H13IO5S/c1-10-3-6-12(7-4-10)22(18,19)21-14-9-11(16)5-8-13(14)15(17)20-2/h3-9H,1-2H3. The molecule has 0 saturated heterocycles. The average Bonchev–Trinajstić information content (AvgIpc) is 2.46. The summed E-state index contributed by atoms with van der Waals surface area (Å²) in [4.78, 5) is 11.7. The van der Waals surface area contributed by atoms with Crippen molar-refractivity contribution in [2.45, 2.75) is 11.8 Å². The molecule has 0 aliphatic rings. The Morgan fingerprint density at radius 1 is 1.09 bits per heavy atom. The lowest BCUT2D eigenvalue weighted by molar-refractivity contribution is 0.0599. The third-order valence-corrected chi connectivity index (χ3v) is 4.78. The van der Waals surface area contributed by atoms with Crippen molar-refractivity contribution >= 4 is 38.7 Å². The van der Waals surface area contributed by atoms with Crippen LogP contribution in [-0.4, -0.2) is 21.5 Å². The largest absolute Gasteiger partial charge is 0.465 e. The van der Waals surface area contributed by atoms with Crippen LogP contribution >= 0.6 is 22.6 Å². The third kappa shape index (κ3) is 3.77. The van der Waals surface area contributed by atoms with Gasteiger partial charge in [0, 0.05) is 3.57 Å². The fourth-order valence-electron chi connectivity index (χ4n) is 1.71. The molecular formula is C15H13IO5S. The molecule has 0 spiro atoms. The normalized spacial score (nSPS) is 11.0. The second-order valence-corrected chi connectivity index (χ2v) is 7.27. The minimum atomic E-state index is -4.02. The number of hydrogen-bond donors (Lipinski definition) is 0. The molecule has 116 valence electrons. The number of benzene rings is 2. The lowest BCUT2D eigenvalue weighted by Crippen LogP contribution is -2.13. The zero-order chi connectivity index (χ0) is 16.3. The number of hydrogen-bond acceptors (Lipinski definition) is 5. The van der Waals surface area contributed by atoms with Crippen molar-refractivity contribution in [2.24, 2.45) is 0 Å². The van der Waals surface area contributed by atoms with Gasteiger partial charge in [0.25, 0.3) is 0 Å². The zero-order valence-electron chi connectivity index (χ0n) is 11.9. The Morgan fingerprint density at radius 3 is 2.32 bits per heavy atom. The van der Waals surface area contributed by atoms with Crippen LogP contribution in [0.15, 0.2) is 47.4 Å². The summed E-state index contributed by atoms with van der Waals surface area (Å²) in [5, 5.41) is 0. The molecule has 0 aromatic heterocycles. The molecule has 0 aliphatic heterocycles. The van der Waals surface area contributed by atoms with Gasteiger partial charge in [0.05, 0.1) is 7.11 Å². The Kier molecular flexibility index (Phi) is 5.07. The molecule has 0 heterocycles. The summed E-state index contributed by atoms with van der Waals surface area (Å²) >= 11 is 2.00. The van der Waals surface area contributed by atoms with Gasteiger partial charge in [-0.3, -0.25) is 0 Å². The summed E-state index contributed by atoms with van der Waals surface area (Å²) < 4.78 is 35.1. The Bertz CT molecular complexity index is 797. The summed E-state index contributed by atoms with van der Waals surface area (Å²) in [7, 11) is -2.80. The topological polar surface area (TPSA) is 69.7 Å². The molecule has 0 N–H and O–H groups in total. The molecule has 0 atom stereocenters. The fraction of sp³-hybridized carbons (Fsp3) is 0.133. The van der Waals surface area contributed by atoms with Gasteiger partial charge < -0.3 is 8.92 Å². The first-order valence-corrected chi connectivity index (χ1v) is 8.71. The number of ether oxygens (including phenoxy) is 1. The Morgan fingerprint density at radius 2 is 1.73 bits per heavy atom. The smallest absolute Gasteiger partial charge is 0.341 e. The van der Waals surface area contributed by atoms with Crippen molar-refractivity contribution in [3.05, 3.63) is 57.2 Å². The summed E-state index contributed by atoms with van der Waals surface area (Å²) in [5.41, 5.74) is 0.988. The van der Waals surface area contributed by atoms with E-state index in [1.54, 1.807) is 18.2 Å². The maximum absolute atomic E-state index is 12.3. The van der Waals surface area contributed by atoms with Crippen molar-refractivity contribution < 1.29 is 22.1 Å². The first-order chi connectivity index (χ1) is 10.3. The van der Waals surface area contributed by atoms with E-state index in [-0.39, 0.29) is 16.2 Å². The molecule has 2 aromatic carbocycles. The van der Waals surface area contributed by atoms with E-state index in [0.717, 1.165) is 9.13 Å². The number of esters is 1. The molecule has 22 heavy (non-hydrogen) atoms. The monoisotopic (exact) mass is 432 g/mol. The van der Waals surface area contributed by atoms with E-state index in [2.05, 4.69) is 4.74 Å². The Labute approximate surface area is 142 Å². The van der Waals surface area contributed by atoms with Crippen LogP contribution in [0.2, 0.25) is 0 Å². The average molecular weight is 432 g/mol. The minimum absolute atomic E-state index is 0.0211. The lowest BCUT2D eigenvalue weighted by atomic mass is 10.2. The summed E-state index contributed by atoms with van der Waals surface area (Å²) in [6.07, 6.45) is 0. The Hall–Kier alpha value is -1.61. The molecule has 0 bridgehead atoms. The number of carbonyl (C=O) groups is 1. The molecular weight excluding hydrogens is 419 g/mol. The molecule has 0 saturated carbocycles. The van der Waals surface area contributed by atoms with Gasteiger partial charge in [0.15, 0.2) is 5.75 Å². The third-order valence-electron chi connectivity index (χ3n) is 2.86. The maximum atomic E-state index is 12.3. The van der Waals surface area contributed by atoms with Gasteiger partial charge in [-0.2, -0.15) is 8.42 Å². The highest BCUT2D eigenvalue weighted by molar-refractivity contribution is 14.1. The molecule has 0 amide bonds. The molecule has 2 aromatic rings. The summed E-state index contributed by atoms with van der Waals surface area (Å²) in [6.45, 7) is 1.85. The maximum Gasteiger partial charge on any atom is 0.341 e. The van der Waals surface area contributed by atoms with E-state index >= 15 is 0 Å². The van der Waals surface area contributed by atoms with Crippen LogP contribution in [0.1, 0.15) is 15.9 Å². The highest BCUT2D eigenvalue weighted by Gasteiger charge is 2.21. The van der Waals surface area contributed by atoms with E-state index in [9.17, 15) is 13.2 Å². The van der Waals surface area contributed by atoms with Gasteiger partial charge in [-0.1, -0.05) is 17.7 Å². The van der Waals surface area contributed by atoms with E-state index in [4.69, 9.17) is 4.18 Å². The molecule has 0 radical (unpaired) electrons. The number of halogens is 1. The lowest BCUT2D eigenvalue weighted by Gasteiger charge is -2.11. The molecule has 0 fully saturated rings. The van der Waals surface area contributed by atoms with Crippen LogP contribution in [0.5, 0.6) is 5.75 Å². The van der Waals surface area contributed by atoms with Crippen molar-refractivity contribution in [3.8, 4) is 5.75 Å². The number of aryl methyl sites for hydroxylation is 1. The summed E-state index contributed by atoms with van der Waals surface area (Å²) in [6, 6.07) is 10.9. The molecule has 0 aliphatic carbocycles. The zero-order valence-corrected chi connectivity index (χ0v) is 14.8. The van der Waals surface area contributed by atoms with Crippen molar-refractivity contribution in [1.29, 1.82) is 0 Å². The number of rotatable bonds is 4. The first kappa shape index (κ1) is 16.8. The molecule has 5 nitrogen and oxygen atoms in total. The van der Waals surface area contributed by atoms with Gasteiger partial charge in [-0.15, -0.1) is 0 Å². The fourth-order valence-corrected chi connectivity index (χ4v) is 3.12. The number of methoxy groups -OCH3 is 1. The van der Waals surface area contributed by atoms with Crippen LogP contribution in [0.25, 0.3) is 0 Å². The van der Waals surface area contributed by atoms with Crippen molar-refractivity contribution in [3.63, 3.8) is 0 Å². The Balaban J connectivity index is 2.43. The summed E-state index contributed by atoms with van der Waals surface area (Å²) in [5.74, 6) is -0.718. The predicted octanol–water partition coefficient (Wildman–Crippen LogP) is 3.15. The van der Waals surface area contributed by atoms with E-state index in [1.807, 2.05) is 29.5 Å². The van der Waals surface area contributed by atoms with Crippen LogP contribution in [0.4, 0.5) is 0 Å². The molecule has 2 rings (SSSR count). The minimum Gasteiger partial charge on any atom is -0.465 e. The van der Waals surface area contributed by atoms with Gasteiger partial charge in [-0.25, -0.2) is 4.79 Å². The quantitative estimate of drug-likeness (QED) is 0.422. The van der Waals surface area contributed by atoms with Gasteiger partial charge >= 0.3 is 16.1 Å². The van der Waals surface area contributed by atoms with Gasteiger partial charge in [0.1, 0.15) is 10.5 Å². The molecule has 0 unspecified atom stereocenters. The second-order valence-electron chi connectivity index (χ2n) is 4.48. The van der Waals surface area contributed by atoms with Gasteiger partial charge in [0.2, 0.25) is 0 Å². The predicted molar refractivity (Wildman–Crippen MR) is 89.5 cm³/mol. The van der Waals surface area contributed by atoms with E-state index in [1.165, 1.54) is 31.4 Å². The SMILES string of the molecule is COC(=O)c1ccc(I)cc1OS(=O)(=O)c1ccc(C)cc1.